The standard InChI is InChI=1S/C10H14N5O7P.C6H14N4O2.C5H9NO4/c11-8-5-9(13-2-12-8)15(3-14-5)10-7(17)6(16)4(22-10)1-21-23(18,19)20;7-4(5(11)12)2-1-3-10-6(8)9;6-3(5(9)10)1-2-4(7)8/h2-4,6-7,10,16-17H,1H2,(H2,11,12,13)(H2,18,19,20);4H,1-3,7H2,(H,11,12)(H4,8,9,10);3H,1-2,6H2,(H,7,8)(H,9,10)/t4-,6-,7-,10-;4-;3-/m100/s1. The number of carboxylic acids is 3. The molecule has 0 unspecified atom stereocenters. The van der Waals surface area contributed by atoms with Gasteiger partial charge >= 0.3 is 25.7 Å². The third-order valence-corrected chi connectivity index (χ3v) is 6.16. The number of fused-ring (bicyclic) bond motifs is 1. The van der Waals surface area contributed by atoms with Gasteiger partial charge in [0.2, 0.25) is 0 Å². The van der Waals surface area contributed by atoms with E-state index in [-0.39, 0.29) is 30.3 Å². The van der Waals surface area contributed by atoms with E-state index in [1.165, 1.54) is 17.2 Å². The zero-order valence-electron chi connectivity index (χ0n) is 23.5. The van der Waals surface area contributed by atoms with E-state index in [4.69, 9.17) is 58.5 Å². The van der Waals surface area contributed by atoms with Crippen molar-refractivity contribution in [1.82, 2.24) is 19.5 Å². The van der Waals surface area contributed by atoms with Crippen molar-refractivity contribution in [3.63, 3.8) is 0 Å². The molecule has 0 saturated carbocycles. The molecule has 1 aliphatic heterocycles. The van der Waals surface area contributed by atoms with Crippen molar-refractivity contribution in [2.24, 2.45) is 27.9 Å². The summed E-state index contributed by atoms with van der Waals surface area (Å²) in [5.41, 5.74) is 26.6. The summed E-state index contributed by atoms with van der Waals surface area (Å²) in [6.45, 7) is -0.175. The van der Waals surface area contributed by atoms with Gasteiger partial charge in [-0.15, -0.1) is 0 Å². The van der Waals surface area contributed by atoms with Crippen LogP contribution in [0.2, 0.25) is 0 Å². The number of phosphoric acid groups is 1. The fourth-order valence-electron chi connectivity index (χ4n) is 3.37. The minimum Gasteiger partial charge on any atom is -0.481 e. The van der Waals surface area contributed by atoms with Crippen molar-refractivity contribution in [1.29, 1.82) is 0 Å². The van der Waals surface area contributed by atoms with Crippen molar-refractivity contribution in [2.75, 3.05) is 18.9 Å². The zero-order chi connectivity index (χ0) is 34.5. The first-order chi connectivity index (χ1) is 20.8. The van der Waals surface area contributed by atoms with Gasteiger partial charge in [-0.25, -0.2) is 19.5 Å². The number of aliphatic carboxylic acids is 3. The van der Waals surface area contributed by atoms with Crippen molar-refractivity contribution < 1.29 is 63.5 Å². The number of aliphatic hydroxyl groups is 2. The maximum atomic E-state index is 10.7. The molecule has 0 bridgehead atoms. The van der Waals surface area contributed by atoms with Gasteiger partial charge in [0.25, 0.3) is 0 Å². The molecule has 6 atom stereocenters. The summed E-state index contributed by atoms with van der Waals surface area (Å²) in [6.07, 6.45) is -1.76. The van der Waals surface area contributed by atoms with E-state index in [9.17, 15) is 29.2 Å². The molecule has 0 aromatic carbocycles. The van der Waals surface area contributed by atoms with E-state index in [1.807, 2.05) is 0 Å². The number of carbonyl (C=O) groups is 3. The molecule has 17 N–H and O–H groups in total. The number of phosphoric ester groups is 1. The Kier molecular flexibility index (Phi) is 15.6. The molecule has 23 nitrogen and oxygen atoms in total. The maximum Gasteiger partial charge on any atom is 0.469 e. The number of hydrogen-bond donors (Lipinski definition) is 12. The Morgan fingerprint density at radius 3 is 2.16 bits per heavy atom. The smallest absolute Gasteiger partial charge is 0.469 e. The number of nitrogens with zero attached hydrogens (tertiary/aromatic N) is 5. The average Bonchev–Trinajstić information content (AvgIpc) is 3.49. The summed E-state index contributed by atoms with van der Waals surface area (Å²) < 4.78 is 21.8. The van der Waals surface area contributed by atoms with Gasteiger partial charge in [-0.2, -0.15) is 0 Å². The maximum absolute atomic E-state index is 10.7. The SMILES string of the molecule is NC(N)=NCCC[C@H](N)C(=O)O.N[C@@H](CCC(=O)O)C(=O)O.Nc1ncnc2c1ncn2[C@@H]1O[C@H](COP(=O)(O)O)[C@@H](O)[C@H]1O. The fraction of sp³-hybridized carbons (Fsp3) is 0.571. The Morgan fingerprint density at radius 1 is 1.02 bits per heavy atom. The first-order valence-corrected chi connectivity index (χ1v) is 14.3. The van der Waals surface area contributed by atoms with Gasteiger partial charge in [-0.1, -0.05) is 0 Å². The molecule has 0 aliphatic carbocycles. The fourth-order valence-corrected chi connectivity index (χ4v) is 3.71. The lowest BCUT2D eigenvalue weighted by atomic mass is 10.1. The second kappa shape index (κ2) is 18.0. The molecule has 0 spiro atoms. The molecular formula is C21H37N10O13P. The van der Waals surface area contributed by atoms with Crippen LogP contribution in [-0.4, -0.2) is 122 Å². The Hall–Kier alpha value is -4.06. The third kappa shape index (κ3) is 13.6. The van der Waals surface area contributed by atoms with Gasteiger partial charge in [0, 0.05) is 13.0 Å². The Balaban J connectivity index is 0.000000389. The first kappa shape index (κ1) is 39.0. The largest absolute Gasteiger partial charge is 0.481 e. The number of imidazole rings is 1. The number of nitrogen functional groups attached to an aromatic ring is 1. The summed E-state index contributed by atoms with van der Waals surface area (Å²) in [4.78, 5) is 63.0. The number of nitrogens with two attached hydrogens (primary N) is 5. The van der Waals surface area contributed by atoms with Crippen molar-refractivity contribution in [3.8, 4) is 0 Å². The molecule has 1 fully saturated rings. The van der Waals surface area contributed by atoms with E-state index < -0.39 is 69.0 Å². The summed E-state index contributed by atoms with van der Waals surface area (Å²) in [5, 5.41) is 44.7. The summed E-state index contributed by atoms with van der Waals surface area (Å²) in [6, 6.07) is -1.88. The lowest BCUT2D eigenvalue weighted by Gasteiger charge is -2.16. The van der Waals surface area contributed by atoms with Crippen LogP contribution in [0.25, 0.3) is 11.2 Å². The minimum atomic E-state index is -4.72. The van der Waals surface area contributed by atoms with Gasteiger partial charge in [-0.05, 0) is 19.3 Å². The molecule has 0 radical (unpaired) electrons. The van der Waals surface area contributed by atoms with Gasteiger partial charge in [0.15, 0.2) is 23.7 Å². The normalized spacial score (nSPS) is 20.6. The molecule has 24 heteroatoms. The first-order valence-electron chi connectivity index (χ1n) is 12.7. The monoisotopic (exact) mass is 668 g/mol. The molecule has 254 valence electrons. The van der Waals surface area contributed by atoms with Crippen LogP contribution >= 0.6 is 7.82 Å². The molecule has 0 amide bonds. The topological polar surface area (TPSA) is 414 Å². The van der Waals surface area contributed by atoms with Gasteiger partial charge < -0.3 is 68.7 Å². The molecular weight excluding hydrogens is 631 g/mol. The summed E-state index contributed by atoms with van der Waals surface area (Å²) in [7, 11) is -4.72. The van der Waals surface area contributed by atoms with Crippen LogP contribution in [0.5, 0.6) is 0 Å². The van der Waals surface area contributed by atoms with Crippen LogP contribution in [0.1, 0.15) is 31.9 Å². The minimum absolute atomic E-state index is 0.0129. The van der Waals surface area contributed by atoms with E-state index in [1.54, 1.807) is 0 Å². The quantitative estimate of drug-likeness (QED) is 0.0417. The predicted octanol–water partition coefficient (Wildman–Crippen LogP) is -4.15. The molecule has 1 aliphatic rings. The highest BCUT2D eigenvalue weighted by Crippen LogP contribution is 2.38. The van der Waals surface area contributed by atoms with E-state index >= 15 is 0 Å². The van der Waals surface area contributed by atoms with Crippen LogP contribution in [0.4, 0.5) is 5.82 Å². The molecule has 2 aromatic heterocycles. The highest BCUT2D eigenvalue weighted by atomic mass is 31.2. The van der Waals surface area contributed by atoms with Crippen molar-refractivity contribution >= 4 is 48.7 Å². The summed E-state index contributed by atoms with van der Waals surface area (Å²) in [5.74, 6) is -3.04. The van der Waals surface area contributed by atoms with E-state index in [2.05, 4.69) is 24.5 Å². The average molecular weight is 669 g/mol. The van der Waals surface area contributed by atoms with Crippen LogP contribution in [0.3, 0.4) is 0 Å². The number of hydrogen-bond acceptors (Lipinski definition) is 15. The Morgan fingerprint density at radius 2 is 1.62 bits per heavy atom. The van der Waals surface area contributed by atoms with Crippen LogP contribution in [0.15, 0.2) is 17.6 Å². The molecule has 1 saturated heterocycles. The van der Waals surface area contributed by atoms with E-state index in [0.717, 1.165) is 0 Å². The number of anilines is 1. The molecule has 3 heterocycles. The third-order valence-electron chi connectivity index (χ3n) is 5.68. The van der Waals surface area contributed by atoms with Gasteiger partial charge in [-0.3, -0.25) is 28.5 Å². The lowest BCUT2D eigenvalue weighted by molar-refractivity contribution is -0.140. The molecule has 45 heavy (non-hydrogen) atoms. The number of aromatic nitrogens is 4. The van der Waals surface area contributed by atoms with Crippen LogP contribution < -0.4 is 28.7 Å². The van der Waals surface area contributed by atoms with Gasteiger partial charge in [0.05, 0.1) is 12.9 Å². The summed E-state index contributed by atoms with van der Waals surface area (Å²) >= 11 is 0. The second-order valence-corrected chi connectivity index (χ2v) is 10.4. The van der Waals surface area contributed by atoms with Crippen LogP contribution in [0, 0.1) is 0 Å². The van der Waals surface area contributed by atoms with Crippen molar-refractivity contribution in [2.45, 2.75) is 62.3 Å². The highest BCUT2D eigenvalue weighted by Gasteiger charge is 2.45. The predicted molar refractivity (Wildman–Crippen MR) is 152 cm³/mol. The van der Waals surface area contributed by atoms with Gasteiger partial charge in [0.1, 0.15) is 42.2 Å². The number of aliphatic hydroxyl groups excluding tert-OH is 2. The molecule has 3 rings (SSSR count). The number of guanidine groups is 1. The number of ether oxygens (including phenoxy) is 1. The lowest BCUT2D eigenvalue weighted by Crippen LogP contribution is -2.33. The zero-order valence-corrected chi connectivity index (χ0v) is 24.4. The Labute approximate surface area is 253 Å². The Bertz CT molecular complexity index is 1350. The number of carboxylic acid groups (broad SMARTS) is 3. The van der Waals surface area contributed by atoms with Crippen molar-refractivity contribution in [3.05, 3.63) is 12.7 Å². The second-order valence-electron chi connectivity index (χ2n) is 9.19. The molecule has 2 aromatic rings. The van der Waals surface area contributed by atoms with Crippen LogP contribution in [-0.2, 0) is 28.2 Å². The number of aliphatic imine (C=N–C) groups is 1. The van der Waals surface area contributed by atoms with E-state index in [0.29, 0.717) is 24.9 Å². The highest BCUT2D eigenvalue weighted by molar-refractivity contribution is 7.46. The number of rotatable bonds is 13.